The lowest BCUT2D eigenvalue weighted by atomic mass is 9.71. The number of furan rings is 2. The lowest BCUT2D eigenvalue weighted by molar-refractivity contribution is 0.173. The van der Waals surface area contributed by atoms with Crippen LogP contribution < -0.4 is 18.9 Å². The van der Waals surface area contributed by atoms with Crippen molar-refractivity contribution in [2.24, 2.45) is 0 Å². The Kier molecular flexibility index (Phi) is 12.9. The van der Waals surface area contributed by atoms with E-state index in [1.165, 1.54) is 66.8 Å². The summed E-state index contributed by atoms with van der Waals surface area (Å²) in [5.74, 6) is 4.98. The summed E-state index contributed by atoms with van der Waals surface area (Å²) in [6, 6.07) is 47.6. The van der Waals surface area contributed by atoms with Crippen molar-refractivity contribution in [3.05, 3.63) is 213 Å². The van der Waals surface area contributed by atoms with Gasteiger partial charge in [-0.05, 0) is 158 Å². The summed E-state index contributed by atoms with van der Waals surface area (Å²) in [6.45, 7) is 9.86. The Hall–Kier alpha value is -7.96. The van der Waals surface area contributed by atoms with E-state index in [-0.39, 0.29) is 10.8 Å². The molecule has 8 aromatic rings. The third kappa shape index (κ3) is 9.02. The third-order valence-electron chi connectivity index (χ3n) is 14.8. The van der Waals surface area contributed by atoms with Gasteiger partial charge in [0.25, 0.3) is 0 Å². The second-order valence-electron chi connectivity index (χ2n) is 19.5. The summed E-state index contributed by atoms with van der Waals surface area (Å²) in [6.07, 6.45) is 27.3. The molecule has 0 N–H and O–H groups in total. The van der Waals surface area contributed by atoms with Gasteiger partial charge in [0.2, 0.25) is 13.6 Å². The number of hydrogen-bond acceptors (Lipinski definition) is 6. The monoisotopic (exact) mass is 948 g/mol. The standard InChI is InChI=1S/C35H30O4.C31H30O2/c1-3-16-35(2)29-17-23(4-6-25-10-14-31-33(19-25)38-21-36-31)8-12-27(29)28-13-9-24(18-30(28)35)5-7-26-11-15-32-34(20-26)39-22-37-32;1-3-17-31(18-4-2)29-21-23(9-13-25-7-5-19-32-25)11-15-27(29)28-16-12-24(22-30(28)31)10-14-26-8-6-20-33-26/h4-15,17-20H,3,16,21-22H2,1-2H3;5-16,19-22H,3-4,17-18H2,1-2H3/b6-4+,7-5+;13-9+,14-10+. The van der Waals surface area contributed by atoms with E-state index in [0.717, 1.165) is 84.2 Å². The van der Waals surface area contributed by atoms with E-state index >= 15 is 0 Å². The first-order valence-corrected chi connectivity index (χ1v) is 25.5. The van der Waals surface area contributed by atoms with Gasteiger partial charge in [-0.1, -0.05) is 168 Å². The first kappa shape index (κ1) is 46.4. The minimum atomic E-state index is -0.0371. The van der Waals surface area contributed by atoms with Crippen LogP contribution in [0.1, 0.15) is 133 Å². The quantitative estimate of drug-likeness (QED) is 0.101. The molecular formula is C66H60O6. The summed E-state index contributed by atoms with van der Waals surface area (Å²) in [7, 11) is 0. The molecule has 2 aliphatic heterocycles. The summed E-state index contributed by atoms with van der Waals surface area (Å²) >= 11 is 0. The predicted octanol–water partition coefficient (Wildman–Crippen LogP) is 17.7. The van der Waals surface area contributed by atoms with E-state index in [9.17, 15) is 0 Å². The Morgan fingerprint density at radius 1 is 0.375 bits per heavy atom. The van der Waals surface area contributed by atoms with Gasteiger partial charge in [-0.25, -0.2) is 0 Å². The van der Waals surface area contributed by atoms with Gasteiger partial charge in [0.15, 0.2) is 23.0 Å². The molecule has 0 unspecified atom stereocenters. The summed E-state index contributed by atoms with van der Waals surface area (Å²) in [5.41, 5.74) is 18.2. The molecule has 72 heavy (non-hydrogen) atoms. The van der Waals surface area contributed by atoms with Crippen LogP contribution in [0.25, 0.3) is 70.9 Å². The van der Waals surface area contributed by atoms with Crippen LogP contribution in [0, 0.1) is 0 Å². The maximum atomic E-state index is 5.54. The number of benzene rings is 6. The highest BCUT2D eigenvalue weighted by molar-refractivity contribution is 5.87. The summed E-state index contributed by atoms with van der Waals surface area (Å²) in [4.78, 5) is 0. The zero-order valence-electron chi connectivity index (χ0n) is 41.6. The maximum absolute atomic E-state index is 5.54. The minimum absolute atomic E-state index is 0.0371. The van der Waals surface area contributed by atoms with E-state index in [1.54, 1.807) is 12.5 Å². The van der Waals surface area contributed by atoms with E-state index in [2.05, 4.69) is 149 Å². The second-order valence-corrected chi connectivity index (χ2v) is 19.5. The Morgan fingerprint density at radius 2 is 0.722 bits per heavy atom. The second kappa shape index (κ2) is 20.0. The van der Waals surface area contributed by atoms with Crippen molar-refractivity contribution in [3.63, 3.8) is 0 Å². The van der Waals surface area contributed by atoms with Crippen LogP contribution in [0.2, 0.25) is 0 Å². The molecule has 360 valence electrons. The van der Waals surface area contributed by atoms with Crippen LogP contribution in [0.5, 0.6) is 23.0 Å². The molecule has 6 nitrogen and oxygen atoms in total. The van der Waals surface area contributed by atoms with Crippen LogP contribution in [-0.2, 0) is 10.8 Å². The zero-order chi connectivity index (χ0) is 49.1. The highest BCUT2D eigenvalue weighted by atomic mass is 16.7. The fourth-order valence-corrected chi connectivity index (χ4v) is 11.4. The minimum Gasteiger partial charge on any atom is -0.465 e. The molecular weight excluding hydrogens is 889 g/mol. The smallest absolute Gasteiger partial charge is 0.231 e. The Bertz CT molecular complexity index is 3140. The van der Waals surface area contributed by atoms with E-state index in [0.29, 0.717) is 13.6 Å². The zero-order valence-corrected chi connectivity index (χ0v) is 41.6. The molecule has 4 aliphatic rings. The van der Waals surface area contributed by atoms with Crippen molar-refractivity contribution in [1.29, 1.82) is 0 Å². The molecule has 0 bridgehead atoms. The molecule has 0 radical (unpaired) electrons. The number of ether oxygens (including phenoxy) is 4. The lowest BCUT2D eigenvalue weighted by Crippen LogP contribution is -2.25. The predicted molar refractivity (Wildman–Crippen MR) is 294 cm³/mol. The van der Waals surface area contributed by atoms with Crippen molar-refractivity contribution in [1.82, 2.24) is 0 Å². The van der Waals surface area contributed by atoms with Gasteiger partial charge in [-0.2, -0.15) is 0 Å². The molecule has 6 heteroatoms. The average molecular weight is 949 g/mol. The fourth-order valence-electron chi connectivity index (χ4n) is 11.4. The highest BCUT2D eigenvalue weighted by Crippen LogP contribution is 2.55. The van der Waals surface area contributed by atoms with Crippen LogP contribution in [0.3, 0.4) is 0 Å². The molecule has 2 aromatic heterocycles. The number of rotatable bonds is 14. The molecule has 0 atom stereocenters. The summed E-state index contributed by atoms with van der Waals surface area (Å²) in [5, 5.41) is 0. The molecule has 12 rings (SSSR count). The van der Waals surface area contributed by atoms with Crippen LogP contribution >= 0.6 is 0 Å². The van der Waals surface area contributed by atoms with Gasteiger partial charge in [-0.15, -0.1) is 0 Å². The molecule has 0 saturated carbocycles. The van der Waals surface area contributed by atoms with Gasteiger partial charge in [-0.3, -0.25) is 0 Å². The fraction of sp³-hybridized carbons (Fsp3) is 0.212. The van der Waals surface area contributed by atoms with Gasteiger partial charge >= 0.3 is 0 Å². The topological polar surface area (TPSA) is 63.2 Å². The van der Waals surface area contributed by atoms with Gasteiger partial charge < -0.3 is 27.8 Å². The normalized spacial score (nSPS) is 15.1. The molecule has 0 amide bonds. The van der Waals surface area contributed by atoms with Crippen molar-refractivity contribution in [2.75, 3.05) is 13.6 Å². The molecule has 0 spiro atoms. The van der Waals surface area contributed by atoms with Crippen molar-refractivity contribution < 1.29 is 27.8 Å². The van der Waals surface area contributed by atoms with Crippen molar-refractivity contribution >= 4 is 48.6 Å². The van der Waals surface area contributed by atoms with Crippen molar-refractivity contribution in [3.8, 4) is 45.3 Å². The first-order chi connectivity index (χ1) is 35.3. The van der Waals surface area contributed by atoms with E-state index in [1.807, 2.05) is 60.7 Å². The SMILES string of the molecule is CCCC1(C)c2cc(/C=C/c3ccc4c(c3)OCO4)ccc2-c2ccc(/C=C/c3ccc4c(c3)OCO4)cc21.CCCC1(CCC)c2cc(/C=C/c3ccco3)ccc2-c2ccc(/C=C/c3ccco3)cc21. The molecule has 0 fully saturated rings. The molecule has 4 heterocycles. The van der Waals surface area contributed by atoms with Crippen molar-refractivity contribution in [2.45, 2.75) is 77.0 Å². The summed E-state index contributed by atoms with van der Waals surface area (Å²) < 4.78 is 32.9. The maximum Gasteiger partial charge on any atom is 0.231 e. The van der Waals surface area contributed by atoms with Crippen LogP contribution in [0.4, 0.5) is 0 Å². The third-order valence-corrected chi connectivity index (χ3v) is 14.8. The number of fused-ring (bicyclic) bond motifs is 8. The number of hydrogen-bond donors (Lipinski definition) is 0. The highest BCUT2D eigenvalue weighted by Gasteiger charge is 2.42. The lowest BCUT2D eigenvalue weighted by Gasteiger charge is -2.32. The Morgan fingerprint density at radius 3 is 1.11 bits per heavy atom. The Balaban J connectivity index is 0.000000158. The van der Waals surface area contributed by atoms with E-state index in [4.69, 9.17) is 27.8 Å². The molecule has 6 aromatic carbocycles. The molecule has 2 aliphatic carbocycles. The molecule has 0 saturated heterocycles. The van der Waals surface area contributed by atoms with Gasteiger partial charge in [0, 0.05) is 10.8 Å². The van der Waals surface area contributed by atoms with Crippen LogP contribution in [-0.4, -0.2) is 13.6 Å². The Labute approximate surface area is 423 Å². The van der Waals surface area contributed by atoms with E-state index < -0.39 is 0 Å². The van der Waals surface area contributed by atoms with Crippen LogP contribution in [0.15, 0.2) is 155 Å². The van der Waals surface area contributed by atoms with Gasteiger partial charge in [0.05, 0.1) is 12.5 Å². The largest absolute Gasteiger partial charge is 0.465 e. The average Bonchev–Trinajstić information content (AvgIpc) is 4.29. The first-order valence-electron chi connectivity index (χ1n) is 25.5. The van der Waals surface area contributed by atoms with Gasteiger partial charge in [0.1, 0.15) is 11.5 Å².